The number of hydrogen-bond acceptors (Lipinski definition) is 4. The van der Waals surface area contributed by atoms with Gasteiger partial charge in [0.1, 0.15) is 23.1 Å². The van der Waals surface area contributed by atoms with Crippen LogP contribution in [0.3, 0.4) is 0 Å². The number of ether oxygens (including phenoxy) is 1. The van der Waals surface area contributed by atoms with Crippen LogP contribution in [0.4, 0.5) is 22.0 Å². The van der Waals surface area contributed by atoms with Gasteiger partial charge in [-0.2, -0.15) is 0 Å². The number of carbonyl (C=O) groups excluding carboxylic acids is 1. The highest BCUT2D eigenvalue weighted by Crippen LogP contribution is 2.28. The van der Waals surface area contributed by atoms with Crippen molar-refractivity contribution in [1.82, 2.24) is 9.88 Å². The first-order valence-corrected chi connectivity index (χ1v) is 9.29. The quantitative estimate of drug-likeness (QED) is 0.506. The van der Waals surface area contributed by atoms with Crippen LogP contribution in [0.25, 0.3) is 0 Å². The van der Waals surface area contributed by atoms with Crippen LogP contribution in [0.2, 0.25) is 0 Å². The molecular formula is C22H15F5N2O4. The van der Waals surface area contributed by atoms with Crippen LogP contribution in [0.1, 0.15) is 32.0 Å². The Kier molecular flexibility index (Phi) is 6.90. The van der Waals surface area contributed by atoms with Crippen LogP contribution < -0.4 is 4.74 Å². The van der Waals surface area contributed by atoms with E-state index in [0.29, 0.717) is 11.6 Å². The van der Waals surface area contributed by atoms with Gasteiger partial charge < -0.3 is 14.7 Å². The Hall–Kier alpha value is -4.02. The van der Waals surface area contributed by atoms with E-state index < -0.39 is 42.2 Å². The minimum absolute atomic E-state index is 0.0184. The summed E-state index contributed by atoms with van der Waals surface area (Å²) in [7, 11) is 0. The smallest absolute Gasteiger partial charge is 0.477 e. The lowest BCUT2D eigenvalue weighted by atomic mass is 10.1. The summed E-state index contributed by atoms with van der Waals surface area (Å²) in [5.41, 5.74) is -0.306. The monoisotopic (exact) mass is 466 g/mol. The fourth-order valence-electron chi connectivity index (χ4n) is 2.99. The number of alkyl halides is 3. The molecular weight excluding hydrogens is 451 g/mol. The van der Waals surface area contributed by atoms with E-state index in [0.717, 1.165) is 23.1 Å². The molecule has 0 saturated heterocycles. The van der Waals surface area contributed by atoms with Crippen molar-refractivity contribution in [3.8, 4) is 5.75 Å². The second-order valence-electron chi connectivity index (χ2n) is 6.83. The van der Waals surface area contributed by atoms with E-state index in [4.69, 9.17) is 5.11 Å². The van der Waals surface area contributed by atoms with Crippen molar-refractivity contribution >= 4 is 11.9 Å². The van der Waals surface area contributed by atoms with Gasteiger partial charge in [0.25, 0.3) is 5.91 Å². The summed E-state index contributed by atoms with van der Waals surface area (Å²) < 4.78 is 69.7. The van der Waals surface area contributed by atoms with Crippen LogP contribution >= 0.6 is 0 Å². The van der Waals surface area contributed by atoms with Crippen LogP contribution in [-0.4, -0.2) is 33.2 Å². The maximum Gasteiger partial charge on any atom is 0.573 e. The van der Waals surface area contributed by atoms with Gasteiger partial charge in [0.05, 0.1) is 0 Å². The zero-order valence-corrected chi connectivity index (χ0v) is 16.6. The Morgan fingerprint density at radius 1 is 0.970 bits per heavy atom. The Labute approximate surface area is 183 Å². The van der Waals surface area contributed by atoms with E-state index in [2.05, 4.69) is 9.72 Å². The normalized spacial score (nSPS) is 11.2. The van der Waals surface area contributed by atoms with Gasteiger partial charge in [-0.3, -0.25) is 4.79 Å². The fourth-order valence-corrected chi connectivity index (χ4v) is 2.99. The van der Waals surface area contributed by atoms with Crippen molar-refractivity contribution in [3.63, 3.8) is 0 Å². The molecule has 172 valence electrons. The van der Waals surface area contributed by atoms with Crippen LogP contribution in [0.15, 0.2) is 60.8 Å². The third-order valence-corrected chi connectivity index (χ3v) is 4.37. The van der Waals surface area contributed by atoms with Crippen molar-refractivity contribution in [3.05, 3.63) is 94.8 Å². The topological polar surface area (TPSA) is 79.7 Å². The first kappa shape index (κ1) is 23.6. The van der Waals surface area contributed by atoms with Gasteiger partial charge >= 0.3 is 12.3 Å². The van der Waals surface area contributed by atoms with Gasteiger partial charge in [0.2, 0.25) is 0 Å². The molecule has 0 aliphatic heterocycles. The molecule has 3 aromatic rings. The summed E-state index contributed by atoms with van der Waals surface area (Å²) in [6.45, 7) is -0.659. The van der Waals surface area contributed by atoms with Gasteiger partial charge in [0.15, 0.2) is 0 Å². The molecule has 33 heavy (non-hydrogen) atoms. The van der Waals surface area contributed by atoms with Crippen LogP contribution in [0.5, 0.6) is 5.75 Å². The predicted octanol–water partition coefficient (Wildman–Crippen LogP) is 4.80. The summed E-state index contributed by atoms with van der Waals surface area (Å²) in [5.74, 6) is -4.72. The molecule has 0 saturated carbocycles. The molecule has 0 aliphatic carbocycles. The number of aromatic nitrogens is 1. The number of benzene rings is 2. The van der Waals surface area contributed by atoms with Crippen molar-refractivity contribution in [2.24, 2.45) is 0 Å². The van der Waals surface area contributed by atoms with E-state index >= 15 is 0 Å². The van der Waals surface area contributed by atoms with Crippen molar-refractivity contribution < 1.29 is 41.4 Å². The van der Waals surface area contributed by atoms with Gasteiger partial charge in [-0.25, -0.2) is 18.6 Å². The van der Waals surface area contributed by atoms with Crippen molar-refractivity contribution in [2.75, 3.05) is 0 Å². The van der Waals surface area contributed by atoms with E-state index in [-0.39, 0.29) is 23.4 Å². The lowest BCUT2D eigenvalue weighted by Gasteiger charge is -2.24. The minimum atomic E-state index is -4.98. The SMILES string of the molecule is O=C(O)c1ccc(CN(Cc2ccccc2OC(F)(F)F)C(=O)c2cc(F)cc(F)c2)cn1. The summed E-state index contributed by atoms with van der Waals surface area (Å²) >= 11 is 0. The zero-order chi connectivity index (χ0) is 24.2. The first-order valence-electron chi connectivity index (χ1n) is 9.29. The van der Waals surface area contributed by atoms with E-state index in [1.54, 1.807) is 0 Å². The van der Waals surface area contributed by atoms with Gasteiger partial charge in [-0.15, -0.1) is 13.2 Å². The van der Waals surface area contributed by atoms with Crippen LogP contribution in [-0.2, 0) is 13.1 Å². The largest absolute Gasteiger partial charge is 0.573 e. The molecule has 0 fully saturated rings. The minimum Gasteiger partial charge on any atom is -0.477 e. The average Bonchev–Trinajstić information content (AvgIpc) is 2.72. The molecule has 0 aliphatic rings. The van der Waals surface area contributed by atoms with E-state index in [1.165, 1.54) is 36.5 Å². The summed E-state index contributed by atoms with van der Waals surface area (Å²) in [5, 5.41) is 8.96. The maximum absolute atomic E-state index is 13.7. The molecule has 0 unspecified atom stereocenters. The number of para-hydroxylation sites is 1. The van der Waals surface area contributed by atoms with Gasteiger partial charge in [0, 0.05) is 36.5 Å². The molecule has 0 spiro atoms. The van der Waals surface area contributed by atoms with Crippen molar-refractivity contribution in [2.45, 2.75) is 19.5 Å². The highest BCUT2D eigenvalue weighted by Gasteiger charge is 2.32. The molecule has 0 radical (unpaired) electrons. The standard InChI is InChI=1S/C22H15F5N2O4/c23-16-7-15(8-17(24)9-16)20(30)29(11-13-5-6-18(21(31)32)28-10-13)12-14-3-1-2-4-19(14)33-22(25,26)27/h1-10H,11-12H2,(H,31,32). The molecule has 1 N–H and O–H groups in total. The summed E-state index contributed by atoms with van der Waals surface area (Å²) in [6, 6.07) is 9.83. The van der Waals surface area contributed by atoms with Crippen LogP contribution in [0, 0.1) is 11.6 Å². The highest BCUT2D eigenvalue weighted by molar-refractivity contribution is 5.94. The number of halogens is 5. The number of aromatic carboxylic acids is 1. The predicted molar refractivity (Wildman–Crippen MR) is 104 cm³/mol. The first-order chi connectivity index (χ1) is 15.5. The van der Waals surface area contributed by atoms with Crippen molar-refractivity contribution in [1.29, 1.82) is 0 Å². The lowest BCUT2D eigenvalue weighted by molar-refractivity contribution is -0.275. The van der Waals surface area contributed by atoms with Gasteiger partial charge in [-0.05, 0) is 29.8 Å². The number of rotatable bonds is 7. The number of nitrogens with zero attached hydrogens (tertiary/aromatic N) is 2. The maximum atomic E-state index is 13.7. The second-order valence-corrected chi connectivity index (χ2v) is 6.83. The summed E-state index contributed by atoms with van der Waals surface area (Å²) in [6.07, 6.45) is -3.80. The Bertz CT molecular complexity index is 1150. The third-order valence-electron chi connectivity index (χ3n) is 4.37. The Morgan fingerprint density at radius 3 is 2.21 bits per heavy atom. The van der Waals surface area contributed by atoms with E-state index in [9.17, 15) is 31.5 Å². The number of carbonyl (C=O) groups is 2. The fraction of sp³-hybridized carbons (Fsp3) is 0.136. The molecule has 11 heteroatoms. The molecule has 1 heterocycles. The van der Waals surface area contributed by atoms with Gasteiger partial charge in [-0.1, -0.05) is 24.3 Å². The Morgan fingerprint density at radius 2 is 1.64 bits per heavy atom. The number of carboxylic acid groups (broad SMARTS) is 1. The summed E-state index contributed by atoms with van der Waals surface area (Å²) in [4.78, 5) is 28.8. The molecule has 2 aromatic carbocycles. The lowest BCUT2D eigenvalue weighted by Crippen LogP contribution is -2.31. The second kappa shape index (κ2) is 9.63. The average molecular weight is 466 g/mol. The number of amides is 1. The molecule has 0 atom stereocenters. The van der Waals surface area contributed by atoms with E-state index in [1.807, 2.05) is 0 Å². The molecule has 1 aromatic heterocycles. The number of carboxylic acids is 1. The number of pyridine rings is 1. The third kappa shape index (κ3) is 6.48. The molecule has 6 nitrogen and oxygen atoms in total. The zero-order valence-electron chi connectivity index (χ0n) is 16.6. The molecule has 0 bridgehead atoms. The molecule has 3 rings (SSSR count). The number of hydrogen-bond donors (Lipinski definition) is 1. The Balaban J connectivity index is 1.96. The molecule has 1 amide bonds. The highest BCUT2D eigenvalue weighted by atomic mass is 19.4.